The van der Waals surface area contributed by atoms with Gasteiger partial charge < -0.3 is 4.90 Å². The summed E-state index contributed by atoms with van der Waals surface area (Å²) in [6.45, 7) is 7.83. The number of hydrogen-bond donors (Lipinski definition) is 0. The van der Waals surface area contributed by atoms with Crippen LogP contribution in [0.4, 0.5) is 0 Å². The fourth-order valence-corrected chi connectivity index (χ4v) is 5.13. The van der Waals surface area contributed by atoms with Crippen molar-refractivity contribution in [3.63, 3.8) is 0 Å². The summed E-state index contributed by atoms with van der Waals surface area (Å²) < 4.78 is 0. The predicted octanol–water partition coefficient (Wildman–Crippen LogP) is 3.63. The SMILES string of the molecule is Cc1cc(C)c2c(n1)CN(C(=O)C[C@H]1C[C@@H]1C1(C)C=Cc3cncnc3C1)C2. The lowest BCUT2D eigenvalue weighted by molar-refractivity contribution is -0.132. The van der Waals surface area contributed by atoms with Crippen LogP contribution in [0.5, 0.6) is 0 Å². The molecule has 5 rings (SSSR count). The Hall–Kier alpha value is -2.56. The van der Waals surface area contributed by atoms with Crippen LogP contribution in [-0.4, -0.2) is 25.8 Å². The number of amides is 1. The average molecular weight is 374 g/mol. The molecule has 5 heteroatoms. The van der Waals surface area contributed by atoms with E-state index in [-0.39, 0.29) is 11.3 Å². The Morgan fingerprint density at radius 2 is 2.14 bits per heavy atom. The first-order valence-electron chi connectivity index (χ1n) is 10.1. The van der Waals surface area contributed by atoms with Crippen LogP contribution in [-0.2, 0) is 24.3 Å². The third kappa shape index (κ3) is 2.93. The van der Waals surface area contributed by atoms with Crippen LogP contribution in [0.2, 0.25) is 0 Å². The summed E-state index contributed by atoms with van der Waals surface area (Å²) >= 11 is 0. The molecule has 0 saturated heterocycles. The van der Waals surface area contributed by atoms with Crippen LogP contribution >= 0.6 is 0 Å². The molecule has 0 radical (unpaired) electrons. The number of nitrogens with zero attached hydrogens (tertiary/aromatic N) is 4. The molecule has 0 aromatic carbocycles. The number of carbonyl (C=O) groups is 1. The van der Waals surface area contributed by atoms with Gasteiger partial charge in [0.1, 0.15) is 6.33 Å². The van der Waals surface area contributed by atoms with Gasteiger partial charge in [0.05, 0.1) is 17.9 Å². The Labute approximate surface area is 165 Å². The summed E-state index contributed by atoms with van der Waals surface area (Å²) in [5, 5.41) is 0. The first kappa shape index (κ1) is 17.5. The minimum absolute atomic E-state index is 0.0928. The quantitative estimate of drug-likeness (QED) is 0.823. The fraction of sp³-hybridized carbons (Fsp3) is 0.478. The number of carbonyl (C=O) groups excluding carboxylic acids is 1. The summed E-state index contributed by atoms with van der Waals surface area (Å²) in [6.07, 6.45) is 10.7. The van der Waals surface area contributed by atoms with Gasteiger partial charge in [-0.1, -0.05) is 19.1 Å². The number of hydrogen-bond acceptors (Lipinski definition) is 4. The van der Waals surface area contributed by atoms with Gasteiger partial charge in [0.25, 0.3) is 0 Å². The van der Waals surface area contributed by atoms with Crippen LogP contribution in [0.25, 0.3) is 6.08 Å². The van der Waals surface area contributed by atoms with E-state index in [1.165, 1.54) is 11.1 Å². The van der Waals surface area contributed by atoms with Gasteiger partial charge in [0.15, 0.2) is 0 Å². The summed E-state index contributed by atoms with van der Waals surface area (Å²) in [5.74, 6) is 1.31. The molecule has 2 aromatic rings. The minimum atomic E-state index is 0.0928. The Morgan fingerprint density at radius 1 is 1.29 bits per heavy atom. The Balaban J connectivity index is 1.23. The highest BCUT2D eigenvalue weighted by molar-refractivity contribution is 5.77. The molecule has 3 atom stereocenters. The molecular formula is C23H26N4O. The molecule has 2 aliphatic carbocycles. The van der Waals surface area contributed by atoms with Crippen molar-refractivity contribution in [1.82, 2.24) is 19.9 Å². The Bertz CT molecular complexity index is 998. The molecule has 2 aromatic heterocycles. The largest absolute Gasteiger partial charge is 0.332 e. The maximum absolute atomic E-state index is 13.0. The first-order valence-corrected chi connectivity index (χ1v) is 10.1. The zero-order valence-electron chi connectivity index (χ0n) is 16.8. The normalized spacial score (nSPS) is 27.5. The van der Waals surface area contributed by atoms with E-state index in [0.717, 1.165) is 35.5 Å². The van der Waals surface area contributed by atoms with E-state index in [1.807, 2.05) is 18.0 Å². The molecule has 0 N–H and O–H groups in total. The topological polar surface area (TPSA) is 59.0 Å². The second-order valence-corrected chi connectivity index (χ2v) is 9.00. The van der Waals surface area contributed by atoms with Crippen molar-refractivity contribution in [3.05, 3.63) is 58.4 Å². The standard InChI is InChI=1S/C23H26N4O/c1-14-6-15(2)26-21-12-27(11-18(14)21)22(28)8-17-7-19(17)23(3)5-4-16-10-24-13-25-20(16)9-23/h4-6,10,13,17,19H,7-9,11-12H2,1-3H3/t17-,19+,23?/m1/s1. The van der Waals surface area contributed by atoms with E-state index in [4.69, 9.17) is 0 Å². The third-order valence-corrected chi connectivity index (χ3v) is 6.83. The number of aromatic nitrogens is 3. The van der Waals surface area contributed by atoms with E-state index >= 15 is 0 Å². The smallest absolute Gasteiger partial charge is 0.223 e. The van der Waals surface area contributed by atoms with Crippen LogP contribution in [0, 0.1) is 31.1 Å². The van der Waals surface area contributed by atoms with Gasteiger partial charge >= 0.3 is 0 Å². The van der Waals surface area contributed by atoms with Crippen LogP contribution in [0.3, 0.4) is 0 Å². The molecule has 3 heterocycles. The van der Waals surface area contributed by atoms with Crippen molar-refractivity contribution in [2.24, 2.45) is 17.3 Å². The number of aryl methyl sites for hydroxylation is 2. The highest BCUT2D eigenvalue weighted by atomic mass is 16.2. The van der Waals surface area contributed by atoms with Crippen molar-refractivity contribution in [2.75, 3.05) is 0 Å². The van der Waals surface area contributed by atoms with Crippen molar-refractivity contribution in [2.45, 2.75) is 53.1 Å². The second kappa shape index (κ2) is 6.23. The minimum Gasteiger partial charge on any atom is -0.332 e. The van der Waals surface area contributed by atoms with E-state index in [9.17, 15) is 4.79 Å². The summed E-state index contributed by atoms with van der Waals surface area (Å²) in [7, 11) is 0. The molecule has 1 unspecified atom stereocenters. The predicted molar refractivity (Wildman–Crippen MR) is 107 cm³/mol. The summed E-state index contributed by atoms with van der Waals surface area (Å²) in [4.78, 5) is 28.2. The second-order valence-electron chi connectivity index (χ2n) is 9.00. The third-order valence-electron chi connectivity index (χ3n) is 6.83. The monoisotopic (exact) mass is 374 g/mol. The van der Waals surface area contributed by atoms with Gasteiger partial charge in [-0.05, 0) is 61.1 Å². The lowest BCUT2D eigenvalue weighted by Gasteiger charge is -2.30. The van der Waals surface area contributed by atoms with Crippen molar-refractivity contribution < 1.29 is 4.79 Å². The molecule has 0 bridgehead atoms. The molecule has 1 amide bonds. The fourth-order valence-electron chi connectivity index (χ4n) is 5.13. The molecule has 28 heavy (non-hydrogen) atoms. The lowest BCUT2D eigenvalue weighted by atomic mass is 9.75. The summed E-state index contributed by atoms with van der Waals surface area (Å²) in [5.41, 5.74) is 6.96. The van der Waals surface area contributed by atoms with Crippen LogP contribution < -0.4 is 0 Å². The molecular weight excluding hydrogens is 348 g/mol. The highest BCUT2D eigenvalue weighted by Gasteiger charge is 2.50. The van der Waals surface area contributed by atoms with Crippen molar-refractivity contribution >= 4 is 12.0 Å². The summed E-state index contributed by atoms with van der Waals surface area (Å²) in [6, 6.07) is 2.11. The molecule has 3 aliphatic rings. The van der Waals surface area contributed by atoms with Crippen molar-refractivity contribution in [1.29, 1.82) is 0 Å². The van der Waals surface area contributed by atoms with Gasteiger partial charge in [0, 0.05) is 30.4 Å². The zero-order valence-corrected chi connectivity index (χ0v) is 16.8. The number of fused-ring (bicyclic) bond motifs is 2. The number of pyridine rings is 1. The number of rotatable bonds is 3. The van der Waals surface area contributed by atoms with Crippen LogP contribution in [0.1, 0.15) is 53.5 Å². The molecule has 1 saturated carbocycles. The lowest BCUT2D eigenvalue weighted by Crippen LogP contribution is -2.28. The molecule has 5 nitrogen and oxygen atoms in total. The van der Waals surface area contributed by atoms with Gasteiger partial charge in [-0.2, -0.15) is 0 Å². The zero-order chi connectivity index (χ0) is 19.5. The van der Waals surface area contributed by atoms with E-state index in [1.54, 1.807) is 6.33 Å². The maximum Gasteiger partial charge on any atom is 0.223 e. The first-order chi connectivity index (χ1) is 13.4. The Morgan fingerprint density at radius 3 is 3.00 bits per heavy atom. The average Bonchev–Trinajstić information content (AvgIpc) is 3.30. The molecule has 144 valence electrons. The van der Waals surface area contributed by atoms with Gasteiger partial charge in [0.2, 0.25) is 5.91 Å². The molecule has 1 fully saturated rings. The van der Waals surface area contributed by atoms with Gasteiger partial charge in [-0.25, -0.2) is 9.97 Å². The maximum atomic E-state index is 13.0. The van der Waals surface area contributed by atoms with Gasteiger partial charge in [-0.3, -0.25) is 9.78 Å². The van der Waals surface area contributed by atoms with Crippen LogP contribution in [0.15, 0.2) is 24.7 Å². The van der Waals surface area contributed by atoms with Gasteiger partial charge in [-0.15, -0.1) is 0 Å². The molecule has 0 spiro atoms. The van der Waals surface area contributed by atoms with E-state index in [0.29, 0.717) is 31.3 Å². The number of allylic oxidation sites excluding steroid dienone is 1. The van der Waals surface area contributed by atoms with Crippen molar-refractivity contribution in [3.8, 4) is 0 Å². The van der Waals surface area contributed by atoms with E-state index < -0.39 is 0 Å². The Kier molecular flexibility index (Phi) is 3.90. The van der Waals surface area contributed by atoms with E-state index in [2.05, 4.69) is 47.0 Å². The molecule has 1 aliphatic heterocycles. The highest BCUT2D eigenvalue weighted by Crippen LogP contribution is 2.56.